The molecule has 0 spiro atoms. The summed E-state index contributed by atoms with van der Waals surface area (Å²) in [6.07, 6.45) is 5.19. The Balaban J connectivity index is 1.70. The molecule has 1 aliphatic rings. The summed E-state index contributed by atoms with van der Waals surface area (Å²) in [6, 6.07) is -0.317. The second-order valence-corrected chi connectivity index (χ2v) is 4.48. The number of H-pyrrole nitrogens is 1. The Labute approximate surface area is 104 Å². The summed E-state index contributed by atoms with van der Waals surface area (Å²) < 4.78 is 0. The molecule has 4 N–H and O–H groups in total. The minimum atomic E-state index is -0.780. The van der Waals surface area contributed by atoms with Crippen LogP contribution in [0.25, 0.3) is 0 Å². The number of rotatable bonds is 4. The highest BCUT2D eigenvalue weighted by Crippen LogP contribution is 2.25. The summed E-state index contributed by atoms with van der Waals surface area (Å²) in [7, 11) is 0. The van der Waals surface area contributed by atoms with Gasteiger partial charge in [0.25, 0.3) is 0 Å². The van der Waals surface area contributed by atoms with Crippen LogP contribution in [0.15, 0.2) is 12.4 Å². The number of carbonyl (C=O) groups is 2. The number of carboxylic acids is 1. The molecule has 0 bridgehead atoms. The molecule has 1 aromatic rings. The Morgan fingerprint density at radius 1 is 1.50 bits per heavy atom. The second kappa shape index (κ2) is 5.52. The maximum absolute atomic E-state index is 11.6. The van der Waals surface area contributed by atoms with Gasteiger partial charge in [-0.2, -0.15) is 5.10 Å². The first-order chi connectivity index (χ1) is 8.65. The first kappa shape index (κ1) is 12.4. The van der Waals surface area contributed by atoms with Gasteiger partial charge in [0.05, 0.1) is 12.1 Å². The molecule has 0 aliphatic heterocycles. The van der Waals surface area contributed by atoms with Crippen molar-refractivity contribution in [3.63, 3.8) is 0 Å². The van der Waals surface area contributed by atoms with Crippen LogP contribution >= 0.6 is 0 Å². The molecule has 18 heavy (non-hydrogen) atoms. The summed E-state index contributed by atoms with van der Waals surface area (Å²) >= 11 is 0. The zero-order chi connectivity index (χ0) is 13.0. The zero-order valence-corrected chi connectivity index (χ0v) is 9.85. The number of urea groups is 1. The highest BCUT2D eigenvalue weighted by atomic mass is 16.4. The van der Waals surface area contributed by atoms with E-state index in [0.29, 0.717) is 19.4 Å². The van der Waals surface area contributed by atoms with Gasteiger partial charge >= 0.3 is 12.0 Å². The second-order valence-electron chi connectivity index (χ2n) is 4.48. The molecule has 1 aliphatic carbocycles. The van der Waals surface area contributed by atoms with Crippen LogP contribution in [0.2, 0.25) is 0 Å². The van der Waals surface area contributed by atoms with Crippen LogP contribution in [0.3, 0.4) is 0 Å². The third-order valence-electron chi connectivity index (χ3n) is 3.13. The van der Waals surface area contributed by atoms with Crippen LogP contribution in [0.4, 0.5) is 4.79 Å². The van der Waals surface area contributed by atoms with Gasteiger partial charge in [0.15, 0.2) is 0 Å². The van der Waals surface area contributed by atoms with Crippen molar-refractivity contribution in [3.8, 4) is 0 Å². The standard InChI is InChI=1S/C11H16N4O3/c16-10(17)8-1-2-9(3-8)15-11(18)12-4-7-5-13-14-6-7/h5-6,8-9H,1-4H2,(H,13,14)(H,16,17)(H2,12,15,18)/t8-,9+/m1/s1. The van der Waals surface area contributed by atoms with Crippen LogP contribution in [0, 0.1) is 5.92 Å². The molecule has 98 valence electrons. The fourth-order valence-corrected chi connectivity index (χ4v) is 2.13. The van der Waals surface area contributed by atoms with E-state index in [9.17, 15) is 9.59 Å². The molecule has 2 atom stereocenters. The van der Waals surface area contributed by atoms with E-state index >= 15 is 0 Å². The quantitative estimate of drug-likeness (QED) is 0.624. The van der Waals surface area contributed by atoms with Crippen molar-refractivity contribution in [1.29, 1.82) is 0 Å². The lowest BCUT2D eigenvalue weighted by Crippen LogP contribution is -2.40. The average Bonchev–Trinajstić information content (AvgIpc) is 2.96. The van der Waals surface area contributed by atoms with E-state index < -0.39 is 5.97 Å². The number of nitrogens with zero attached hydrogens (tertiary/aromatic N) is 1. The number of carboxylic acid groups (broad SMARTS) is 1. The lowest BCUT2D eigenvalue weighted by molar-refractivity contribution is -0.141. The minimum absolute atomic E-state index is 0.0459. The molecule has 0 radical (unpaired) electrons. The predicted octanol–water partition coefficient (Wildman–Crippen LogP) is 0.462. The van der Waals surface area contributed by atoms with Gasteiger partial charge < -0.3 is 15.7 Å². The Morgan fingerprint density at radius 2 is 2.33 bits per heavy atom. The highest BCUT2D eigenvalue weighted by molar-refractivity contribution is 5.75. The largest absolute Gasteiger partial charge is 0.481 e. The Hall–Kier alpha value is -2.05. The van der Waals surface area contributed by atoms with E-state index in [1.165, 1.54) is 0 Å². The van der Waals surface area contributed by atoms with Crippen LogP contribution in [0.5, 0.6) is 0 Å². The molecule has 1 aromatic heterocycles. The number of amides is 2. The number of aromatic amines is 1. The van der Waals surface area contributed by atoms with Gasteiger partial charge in [-0.15, -0.1) is 0 Å². The monoisotopic (exact) mass is 252 g/mol. The van der Waals surface area contributed by atoms with Crippen molar-refractivity contribution in [2.75, 3.05) is 0 Å². The van der Waals surface area contributed by atoms with E-state index in [1.807, 2.05) is 0 Å². The maximum atomic E-state index is 11.6. The number of aliphatic carboxylic acids is 1. The van der Waals surface area contributed by atoms with Crippen LogP contribution < -0.4 is 10.6 Å². The zero-order valence-electron chi connectivity index (χ0n) is 9.85. The Bertz CT molecular complexity index is 418. The number of hydrogen-bond acceptors (Lipinski definition) is 3. The van der Waals surface area contributed by atoms with Crippen molar-refractivity contribution < 1.29 is 14.7 Å². The van der Waals surface area contributed by atoms with Crippen LogP contribution in [-0.2, 0) is 11.3 Å². The molecular formula is C11H16N4O3. The van der Waals surface area contributed by atoms with E-state index in [2.05, 4.69) is 20.8 Å². The van der Waals surface area contributed by atoms with Gasteiger partial charge in [0.2, 0.25) is 0 Å². The van der Waals surface area contributed by atoms with Crippen molar-refractivity contribution in [2.45, 2.75) is 31.8 Å². The minimum Gasteiger partial charge on any atom is -0.481 e. The summed E-state index contributed by atoms with van der Waals surface area (Å²) in [4.78, 5) is 22.3. The van der Waals surface area contributed by atoms with Gasteiger partial charge in [-0.05, 0) is 19.3 Å². The molecule has 7 heteroatoms. The SMILES string of the molecule is O=C(NCc1cn[nH]c1)N[C@H]1CC[C@@H](C(=O)O)C1. The van der Waals surface area contributed by atoms with Crippen molar-refractivity contribution in [2.24, 2.45) is 5.92 Å². The first-order valence-electron chi connectivity index (χ1n) is 5.90. The van der Waals surface area contributed by atoms with Gasteiger partial charge in [-0.25, -0.2) is 4.79 Å². The molecule has 0 saturated heterocycles. The summed E-state index contributed by atoms with van der Waals surface area (Å²) in [5.74, 6) is -1.11. The molecule has 7 nitrogen and oxygen atoms in total. The number of carbonyl (C=O) groups excluding carboxylic acids is 1. The molecule has 1 saturated carbocycles. The van der Waals surface area contributed by atoms with E-state index in [0.717, 1.165) is 12.0 Å². The fraction of sp³-hybridized carbons (Fsp3) is 0.545. The molecular weight excluding hydrogens is 236 g/mol. The summed E-state index contributed by atoms with van der Waals surface area (Å²) in [5, 5.41) is 20.8. The third kappa shape index (κ3) is 3.22. The first-order valence-corrected chi connectivity index (χ1v) is 5.90. The average molecular weight is 252 g/mol. The molecule has 2 rings (SSSR count). The normalized spacial score (nSPS) is 22.7. The molecule has 0 unspecified atom stereocenters. The van der Waals surface area contributed by atoms with Crippen LogP contribution in [-0.4, -0.2) is 33.3 Å². The van der Waals surface area contributed by atoms with Gasteiger partial charge in [0, 0.05) is 24.3 Å². The number of nitrogens with one attached hydrogen (secondary N) is 3. The predicted molar refractivity (Wildman–Crippen MR) is 62.7 cm³/mol. The van der Waals surface area contributed by atoms with Gasteiger partial charge in [-0.3, -0.25) is 9.89 Å². The summed E-state index contributed by atoms with van der Waals surface area (Å²) in [5.41, 5.74) is 0.889. The lowest BCUT2D eigenvalue weighted by Gasteiger charge is -2.12. The number of hydrogen-bond donors (Lipinski definition) is 4. The lowest BCUT2D eigenvalue weighted by atomic mass is 10.1. The van der Waals surface area contributed by atoms with Gasteiger partial charge in [0.1, 0.15) is 0 Å². The molecule has 1 fully saturated rings. The summed E-state index contributed by atoms with van der Waals surface area (Å²) in [6.45, 7) is 0.400. The van der Waals surface area contributed by atoms with E-state index in [-0.39, 0.29) is 18.0 Å². The van der Waals surface area contributed by atoms with Crippen molar-refractivity contribution >= 4 is 12.0 Å². The molecule has 1 heterocycles. The highest BCUT2D eigenvalue weighted by Gasteiger charge is 2.30. The Morgan fingerprint density at radius 3 is 2.94 bits per heavy atom. The Kier molecular flexibility index (Phi) is 3.81. The van der Waals surface area contributed by atoms with Crippen molar-refractivity contribution in [1.82, 2.24) is 20.8 Å². The van der Waals surface area contributed by atoms with E-state index in [4.69, 9.17) is 5.11 Å². The van der Waals surface area contributed by atoms with E-state index in [1.54, 1.807) is 12.4 Å². The third-order valence-corrected chi connectivity index (χ3v) is 3.13. The maximum Gasteiger partial charge on any atom is 0.315 e. The fourth-order valence-electron chi connectivity index (χ4n) is 2.13. The number of aromatic nitrogens is 2. The molecule has 0 aromatic carbocycles. The topological polar surface area (TPSA) is 107 Å². The smallest absolute Gasteiger partial charge is 0.315 e. The molecule has 2 amide bonds. The van der Waals surface area contributed by atoms with Gasteiger partial charge in [-0.1, -0.05) is 0 Å². The van der Waals surface area contributed by atoms with Crippen LogP contribution in [0.1, 0.15) is 24.8 Å². The van der Waals surface area contributed by atoms with Crippen molar-refractivity contribution in [3.05, 3.63) is 18.0 Å².